The highest BCUT2D eigenvalue weighted by Crippen LogP contribution is 2.30. The molecular weight excluding hydrogens is 308 g/mol. The first-order valence-corrected chi connectivity index (χ1v) is 7.37. The molecule has 1 aromatic rings. The van der Waals surface area contributed by atoms with Crippen LogP contribution in [0.4, 0.5) is 5.69 Å². The van der Waals surface area contributed by atoms with E-state index in [1.807, 2.05) is 7.05 Å². The lowest BCUT2D eigenvalue weighted by molar-refractivity contribution is -0.0103. The van der Waals surface area contributed by atoms with Crippen LogP contribution in [0.25, 0.3) is 0 Å². The van der Waals surface area contributed by atoms with Gasteiger partial charge in [-0.1, -0.05) is 6.07 Å². The van der Waals surface area contributed by atoms with E-state index in [-0.39, 0.29) is 12.7 Å². The standard InChI is InChI=1S/C14H21BrN2O2/c1-10-9-19-12(8-18)7-17(10)14-4-3-11(6-16-2)5-13(14)15/h3-5,10,12,16,18H,6-9H2,1-2H3. The zero-order valence-electron chi connectivity index (χ0n) is 11.4. The molecule has 5 heteroatoms. The predicted octanol–water partition coefficient (Wildman–Crippen LogP) is 1.75. The van der Waals surface area contributed by atoms with Crippen LogP contribution in [-0.2, 0) is 11.3 Å². The molecule has 1 aromatic carbocycles. The van der Waals surface area contributed by atoms with Gasteiger partial charge in [-0.25, -0.2) is 0 Å². The van der Waals surface area contributed by atoms with E-state index in [9.17, 15) is 5.11 Å². The maximum atomic E-state index is 9.25. The molecule has 2 unspecified atom stereocenters. The fraction of sp³-hybridized carbons (Fsp3) is 0.571. The Morgan fingerprint density at radius 2 is 2.32 bits per heavy atom. The Hall–Kier alpha value is -0.620. The van der Waals surface area contributed by atoms with Crippen molar-refractivity contribution >= 4 is 21.6 Å². The Balaban J connectivity index is 2.19. The van der Waals surface area contributed by atoms with Gasteiger partial charge in [0.1, 0.15) is 0 Å². The molecule has 0 saturated carbocycles. The number of benzene rings is 1. The molecular formula is C14H21BrN2O2. The molecule has 19 heavy (non-hydrogen) atoms. The van der Waals surface area contributed by atoms with Gasteiger partial charge < -0.3 is 20.1 Å². The summed E-state index contributed by atoms with van der Waals surface area (Å²) < 4.78 is 6.66. The Morgan fingerprint density at radius 1 is 1.53 bits per heavy atom. The highest BCUT2D eigenvalue weighted by molar-refractivity contribution is 9.10. The average molecular weight is 329 g/mol. The molecule has 2 atom stereocenters. The maximum Gasteiger partial charge on any atom is 0.0981 e. The molecule has 2 rings (SSSR count). The summed E-state index contributed by atoms with van der Waals surface area (Å²) in [5.74, 6) is 0. The van der Waals surface area contributed by atoms with Gasteiger partial charge >= 0.3 is 0 Å². The van der Waals surface area contributed by atoms with Gasteiger partial charge in [0.15, 0.2) is 0 Å². The molecule has 0 aromatic heterocycles. The van der Waals surface area contributed by atoms with Gasteiger partial charge in [-0.15, -0.1) is 0 Å². The van der Waals surface area contributed by atoms with Crippen molar-refractivity contribution in [1.29, 1.82) is 0 Å². The summed E-state index contributed by atoms with van der Waals surface area (Å²) in [6, 6.07) is 6.72. The van der Waals surface area contributed by atoms with Gasteiger partial charge in [-0.05, 0) is 47.6 Å². The topological polar surface area (TPSA) is 44.7 Å². The SMILES string of the molecule is CNCc1ccc(N2CC(CO)OCC2C)c(Br)c1. The van der Waals surface area contributed by atoms with Crippen molar-refractivity contribution in [2.24, 2.45) is 0 Å². The van der Waals surface area contributed by atoms with Crippen molar-refractivity contribution < 1.29 is 9.84 Å². The fourth-order valence-corrected chi connectivity index (χ4v) is 3.01. The minimum Gasteiger partial charge on any atom is -0.394 e. The molecule has 0 bridgehead atoms. The largest absolute Gasteiger partial charge is 0.394 e. The zero-order chi connectivity index (χ0) is 13.8. The van der Waals surface area contributed by atoms with Crippen LogP contribution >= 0.6 is 15.9 Å². The van der Waals surface area contributed by atoms with Crippen molar-refractivity contribution in [3.8, 4) is 0 Å². The van der Waals surface area contributed by atoms with Crippen LogP contribution in [0.15, 0.2) is 22.7 Å². The molecule has 106 valence electrons. The van der Waals surface area contributed by atoms with Crippen LogP contribution in [0.3, 0.4) is 0 Å². The van der Waals surface area contributed by atoms with E-state index in [0.717, 1.165) is 23.2 Å². The lowest BCUT2D eigenvalue weighted by atomic mass is 10.1. The normalized spacial score (nSPS) is 23.7. The molecule has 1 aliphatic heterocycles. The van der Waals surface area contributed by atoms with Crippen molar-refractivity contribution in [3.63, 3.8) is 0 Å². The van der Waals surface area contributed by atoms with Gasteiger partial charge in [0.25, 0.3) is 0 Å². The number of nitrogens with zero attached hydrogens (tertiary/aromatic N) is 1. The summed E-state index contributed by atoms with van der Waals surface area (Å²) in [5, 5.41) is 12.4. The number of ether oxygens (including phenoxy) is 1. The lowest BCUT2D eigenvalue weighted by Gasteiger charge is -2.39. The second kappa shape index (κ2) is 6.70. The smallest absolute Gasteiger partial charge is 0.0981 e. The zero-order valence-corrected chi connectivity index (χ0v) is 13.0. The lowest BCUT2D eigenvalue weighted by Crippen LogP contribution is -2.49. The Bertz CT molecular complexity index is 428. The fourth-order valence-electron chi connectivity index (χ4n) is 2.36. The van der Waals surface area contributed by atoms with Crippen LogP contribution in [0.5, 0.6) is 0 Å². The molecule has 1 saturated heterocycles. The number of nitrogens with one attached hydrogen (secondary N) is 1. The van der Waals surface area contributed by atoms with E-state index in [1.165, 1.54) is 5.56 Å². The van der Waals surface area contributed by atoms with Crippen LogP contribution < -0.4 is 10.2 Å². The maximum absolute atomic E-state index is 9.25. The second-order valence-electron chi connectivity index (χ2n) is 4.96. The van der Waals surface area contributed by atoms with Gasteiger partial charge in [0.05, 0.1) is 25.0 Å². The predicted molar refractivity (Wildman–Crippen MR) is 80.5 cm³/mol. The summed E-state index contributed by atoms with van der Waals surface area (Å²) in [5.41, 5.74) is 2.41. The number of hydrogen-bond donors (Lipinski definition) is 2. The third-order valence-corrected chi connectivity index (χ3v) is 4.05. The number of halogens is 1. The van der Waals surface area contributed by atoms with E-state index in [2.05, 4.69) is 51.3 Å². The van der Waals surface area contributed by atoms with Gasteiger partial charge in [0, 0.05) is 23.6 Å². The van der Waals surface area contributed by atoms with E-state index >= 15 is 0 Å². The third-order valence-electron chi connectivity index (χ3n) is 3.41. The Kier molecular flexibility index (Phi) is 5.21. The summed E-state index contributed by atoms with van der Waals surface area (Å²) in [4.78, 5) is 2.29. The minimum atomic E-state index is -0.0971. The van der Waals surface area contributed by atoms with Gasteiger partial charge in [-0.3, -0.25) is 0 Å². The van der Waals surface area contributed by atoms with E-state index in [4.69, 9.17) is 4.74 Å². The van der Waals surface area contributed by atoms with Gasteiger partial charge in [0.2, 0.25) is 0 Å². The summed E-state index contributed by atoms with van der Waals surface area (Å²) in [6.07, 6.45) is -0.0971. The minimum absolute atomic E-state index is 0.0681. The van der Waals surface area contributed by atoms with Crippen LogP contribution in [0, 0.1) is 0 Å². The average Bonchev–Trinajstić information content (AvgIpc) is 2.40. The number of hydrogen-bond acceptors (Lipinski definition) is 4. The van der Waals surface area contributed by atoms with Crippen LogP contribution in [-0.4, -0.2) is 44.1 Å². The number of morpholine rings is 1. The quantitative estimate of drug-likeness (QED) is 0.884. The first-order valence-electron chi connectivity index (χ1n) is 6.57. The first kappa shape index (κ1) is 14.8. The number of aliphatic hydroxyl groups excluding tert-OH is 1. The van der Waals surface area contributed by atoms with E-state index in [0.29, 0.717) is 12.6 Å². The van der Waals surface area contributed by atoms with E-state index < -0.39 is 0 Å². The van der Waals surface area contributed by atoms with Crippen molar-refractivity contribution in [1.82, 2.24) is 5.32 Å². The Morgan fingerprint density at radius 3 is 2.95 bits per heavy atom. The summed E-state index contributed by atoms with van der Waals surface area (Å²) in [7, 11) is 1.94. The van der Waals surface area contributed by atoms with Crippen LogP contribution in [0.1, 0.15) is 12.5 Å². The van der Waals surface area contributed by atoms with Crippen molar-refractivity contribution in [2.45, 2.75) is 25.6 Å². The number of aliphatic hydroxyl groups is 1. The number of rotatable bonds is 4. The molecule has 0 aliphatic carbocycles. The number of anilines is 1. The van der Waals surface area contributed by atoms with Crippen LogP contribution in [0.2, 0.25) is 0 Å². The molecule has 1 fully saturated rings. The molecule has 0 radical (unpaired) electrons. The molecule has 0 amide bonds. The molecule has 1 heterocycles. The Labute approximate surface area is 122 Å². The monoisotopic (exact) mass is 328 g/mol. The summed E-state index contributed by atoms with van der Waals surface area (Å²) in [6.45, 7) is 4.44. The van der Waals surface area contributed by atoms with Crippen molar-refractivity contribution in [3.05, 3.63) is 28.2 Å². The molecule has 0 spiro atoms. The third kappa shape index (κ3) is 3.48. The second-order valence-corrected chi connectivity index (χ2v) is 5.81. The highest BCUT2D eigenvalue weighted by atomic mass is 79.9. The molecule has 2 N–H and O–H groups in total. The van der Waals surface area contributed by atoms with Gasteiger partial charge in [-0.2, -0.15) is 0 Å². The molecule has 4 nitrogen and oxygen atoms in total. The first-order chi connectivity index (χ1) is 9.15. The van der Waals surface area contributed by atoms with Crippen molar-refractivity contribution in [2.75, 3.05) is 31.7 Å². The molecule has 1 aliphatic rings. The summed E-state index contributed by atoms with van der Waals surface area (Å²) >= 11 is 3.65. The highest BCUT2D eigenvalue weighted by Gasteiger charge is 2.26. The van der Waals surface area contributed by atoms with E-state index in [1.54, 1.807) is 0 Å².